The molecule has 18 heavy (non-hydrogen) atoms. The summed E-state index contributed by atoms with van der Waals surface area (Å²) in [5.41, 5.74) is -0.206. The Hall–Kier alpha value is -1.91. The first-order valence-corrected chi connectivity index (χ1v) is 5.83. The Labute approximate surface area is 105 Å². The number of rotatable bonds is 8. The minimum Gasteiger partial charge on any atom is -0.487 e. The molecular formula is C13H16FNO3. The number of nitro benzene ring substituents is 1. The van der Waals surface area contributed by atoms with Gasteiger partial charge in [-0.05, 0) is 31.7 Å². The maximum atomic E-state index is 13.0. The average molecular weight is 253 g/mol. The zero-order valence-corrected chi connectivity index (χ0v) is 10.1. The predicted octanol–water partition coefficient (Wildman–Crippen LogP) is 3.86. The second kappa shape index (κ2) is 7.42. The van der Waals surface area contributed by atoms with E-state index in [1.54, 1.807) is 0 Å². The van der Waals surface area contributed by atoms with E-state index in [1.165, 1.54) is 0 Å². The van der Waals surface area contributed by atoms with E-state index < -0.39 is 10.7 Å². The highest BCUT2D eigenvalue weighted by atomic mass is 19.1. The summed E-state index contributed by atoms with van der Waals surface area (Å²) in [7, 11) is 0. The second-order valence-corrected chi connectivity index (χ2v) is 3.86. The average Bonchev–Trinajstić information content (AvgIpc) is 2.33. The van der Waals surface area contributed by atoms with Crippen LogP contribution >= 0.6 is 0 Å². The van der Waals surface area contributed by atoms with Gasteiger partial charge in [0.15, 0.2) is 5.75 Å². The van der Waals surface area contributed by atoms with Crippen molar-refractivity contribution >= 4 is 5.69 Å². The van der Waals surface area contributed by atoms with Crippen molar-refractivity contribution in [1.29, 1.82) is 0 Å². The Bertz CT molecular complexity index is 421. The van der Waals surface area contributed by atoms with E-state index in [9.17, 15) is 14.5 Å². The van der Waals surface area contributed by atoms with Gasteiger partial charge in [0, 0.05) is 12.1 Å². The Balaban J connectivity index is 2.47. The van der Waals surface area contributed by atoms with Gasteiger partial charge in [0.1, 0.15) is 5.82 Å². The molecule has 98 valence electrons. The van der Waals surface area contributed by atoms with Crippen LogP contribution in [0.5, 0.6) is 5.75 Å². The summed E-state index contributed by atoms with van der Waals surface area (Å²) in [4.78, 5) is 10.1. The SMILES string of the molecule is C=CCCCCCOc1cc(F)ccc1[N+](=O)[O-]. The van der Waals surface area contributed by atoms with Crippen molar-refractivity contribution in [1.82, 2.24) is 0 Å². The molecular weight excluding hydrogens is 237 g/mol. The van der Waals surface area contributed by atoms with Gasteiger partial charge in [-0.1, -0.05) is 6.08 Å². The lowest BCUT2D eigenvalue weighted by atomic mass is 10.2. The number of hydrogen-bond donors (Lipinski definition) is 0. The van der Waals surface area contributed by atoms with Gasteiger partial charge in [0.25, 0.3) is 0 Å². The van der Waals surface area contributed by atoms with Crippen LogP contribution in [0.3, 0.4) is 0 Å². The Morgan fingerprint density at radius 3 is 2.83 bits per heavy atom. The van der Waals surface area contributed by atoms with Gasteiger partial charge in [0.05, 0.1) is 11.5 Å². The molecule has 0 aliphatic carbocycles. The molecule has 0 bridgehead atoms. The molecule has 0 atom stereocenters. The van der Waals surface area contributed by atoms with Crippen LogP contribution < -0.4 is 4.74 Å². The third kappa shape index (κ3) is 4.53. The fraction of sp³-hybridized carbons (Fsp3) is 0.385. The van der Waals surface area contributed by atoms with Crippen LogP contribution in [-0.4, -0.2) is 11.5 Å². The first-order valence-electron chi connectivity index (χ1n) is 5.83. The van der Waals surface area contributed by atoms with Crippen LogP contribution in [-0.2, 0) is 0 Å². The molecule has 5 heteroatoms. The van der Waals surface area contributed by atoms with Gasteiger partial charge in [-0.15, -0.1) is 6.58 Å². The van der Waals surface area contributed by atoms with Crippen molar-refractivity contribution in [2.45, 2.75) is 25.7 Å². The monoisotopic (exact) mass is 253 g/mol. The van der Waals surface area contributed by atoms with Crippen molar-refractivity contribution in [3.63, 3.8) is 0 Å². The quantitative estimate of drug-likeness (QED) is 0.306. The molecule has 0 radical (unpaired) electrons. The summed E-state index contributed by atoms with van der Waals surface area (Å²) in [6.07, 6.45) is 5.53. The maximum absolute atomic E-state index is 13.0. The molecule has 0 spiro atoms. The fourth-order valence-electron chi connectivity index (χ4n) is 1.50. The predicted molar refractivity (Wildman–Crippen MR) is 67.2 cm³/mol. The van der Waals surface area contributed by atoms with Crippen molar-refractivity contribution in [2.75, 3.05) is 6.61 Å². The Kier molecular flexibility index (Phi) is 5.84. The van der Waals surface area contributed by atoms with E-state index in [2.05, 4.69) is 6.58 Å². The summed E-state index contributed by atoms with van der Waals surface area (Å²) in [5.74, 6) is -0.550. The first-order chi connectivity index (χ1) is 8.65. The molecule has 0 unspecified atom stereocenters. The lowest BCUT2D eigenvalue weighted by molar-refractivity contribution is -0.385. The van der Waals surface area contributed by atoms with Gasteiger partial charge >= 0.3 is 5.69 Å². The molecule has 0 aliphatic rings. The van der Waals surface area contributed by atoms with Crippen molar-refractivity contribution in [2.24, 2.45) is 0 Å². The molecule has 0 saturated carbocycles. The number of halogens is 1. The van der Waals surface area contributed by atoms with Crippen molar-refractivity contribution < 1.29 is 14.1 Å². The zero-order chi connectivity index (χ0) is 13.4. The Morgan fingerprint density at radius 2 is 2.17 bits per heavy atom. The standard InChI is InChI=1S/C13H16FNO3/c1-2-3-4-5-6-9-18-13-10-11(14)7-8-12(13)15(16)17/h2,7-8,10H,1,3-6,9H2. The summed E-state index contributed by atoms with van der Waals surface area (Å²) >= 11 is 0. The van der Waals surface area contributed by atoms with Crippen LogP contribution in [0.25, 0.3) is 0 Å². The third-order valence-corrected chi connectivity index (χ3v) is 2.43. The largest absolute Gasteiger partial charge is 0.487 e. The molecule has 1 rings (SSSR count). The molecule has 0 amide bonds. The first kappa shape index (κ1) is 14.2. The van der Waals surface area contributed by atoms with Crippen molar-refractivity contribution in [3.05, 3.63) is 46.8 Å². The number of nitrogens with zero attached hydrogens (tertiary/aromatic N) is 1. The number of unbranched alkanes of at least 4 members (excludes halogenated alkanes) is 3. The zero-order valence-electron chi connectivity index (χ0n) is 10.1. The molecule has 1 aromatic carbocycles. The summed E-state index contributed by atoms with van der Waals surface area (Å²) in [6.45, 7) is 3.97. The van der Waals surface area contributed by atoms with E-state index in [1.807, 2.05) is 6.08 Å². The fourth-order valence-corrected chi connectivity index (χ4v) is 1.50. The van der Waals surface area contributed by atoms with Gasteiger partial charge in [-0.2, -0.15) is 0 Å². The highest BCUT2D eigenvalue weighted by molar-refractivity contribution is 5.46. The highest BCUT2D eigenvalue weighted by Crippen LogP contribution is 2.27. The Morgan fingerprint density at radius 1 is 1.39 bits per heavy atom. The minimum atomic E-state index is -0.577. The van der Waals surface area contributed by atoms with Crippen LogP contribution in [0.1, 0.15) is 25.7 Å². The van der Waals surface area contributed by atoms with Gasteiger partial charge in [0.2, 0.25) is 0 Å². The number of allylic oxidation sites excluding steroid dienone is 1. The minimum absolute atomic E-state index is 0.0104. The molecule has 0 fully saturated rings. The van der Waals surface area contributed by atoms with Crippen LogP contribution in [0, 0.1) is 15.9 Å². The van der Waals surface area contributed by atoms with Gasteiger partial charge in [-0.3, -0.25) is 10.1 Å². The number of ether oxygens (including phenoxy) is 1. The molecule has 0 heterocycles. The molecule has 1 aromatic rings. The van der Waals surface area contributed by atoms with E-state index in [-0.39, 0.29) is 11.4 Å². The molecule has 4 nitrogen and oxygen atoms in total. The normalized spacial score (nSPS) is 10.1. The number of hydrogen-bond acceptors (Lipinski definition) is 3. The second-order valence-electron chi connectivity index (χ2n) is 3.86. The van der Waals surface area contributed by atoms with Crippen LogP contribution in [0.2, 0.25) is 0 Å². The summed E-state index contributed by atoms with van der Waals surface area (Å²) in [5, 5.41) is 10.7. The molecule has 0 N–H and O–H groups in total. The van der Waals surface area contributed by atoms with Gasteiger partial charge < -0.3 is 4.74 Å². The number of nitro groups is 1. The number of benzene rings is 1. The third-order valence-electron chi connectivity index (χ3n) is 2.43. The molecule has 0 saturated heterocycles. The summed E-state index contributed by atoms with van der Waals surface area (Å²) in [6, 6.07) is 3.21. The smallest absolute Gasteiger partial charge is 0.311 e. The highest BCUT2D eigenvalue weighted by Gasteiger charge is 2.15. The lowest BCUT2D eigenvalue weighted by Gasteiger charge is -2.06. The van der Waals surface area contributed by atoms with Gasteiger partial charge in [-0.25, -0.2) is 4.39 Å². The molecule has 0 aliphatic heterocycles. The topological polar surface area (TPSA) is 52.4 Å². The van der Waals surface area contributed by atoms with E-state index in [4.69, 9.17) is 4.74 Å². The maximum Gasteiger partial charge on any atom is 0.311 e. The van der Waals surface area contributed by atoms with Crippen LogP contribution in [0.4, 0.5) is 10.1 Å². The molecule has 0 aromatic heterocycles. The van der Waals surface area contributed by atoms with E-state index in [0.29, 0.717) is 6.61 Å². The summed E-state index contributed by atoms with van der Waals surface area (Å²) < 4.78 is 18.2. The lowest BCUT2D eigenvalue weighted by Crippen LogP contribution is -2.01. The van der Waals surface area contributed by atoms with E-state index in [0.717, 1.165) is 43.9 Å². The van der Waals surface area contributed by atoms with Crippen LogP contribution in [0.15, 0.2) is 30.9 Å². The van der Waals surface area contributed by atoms with E-state index >= 15 is 0 Å². The van der Waals surface area contributed by atoms with Crippen molar-refractivity contribution in [3.8, 4) is 5.75 Å².